The number of amides is 3. The number of hydrogen-bond donors (Lipinski definition) is 2. The number of imidazole rings is 1. The van der Waals surface area contributed by atoms with Crippen LogP contribution in [0.3, 0.4) is 0 Å². The van der Waals surface area contributed by atoms with Crippen molar-refractivity contribution in [3.05, 3.63) is 82.6 Å². The van der Waals surface area contributed by atoms with E-state index >= 15 is 4.39 Å². The number of benzene rings is 2. The minimum Gasteiger partial charge on any atom is -1.00 e. The molecule has 0 saturated carbocycles. The van der Waals surface area contributed by atoms with Gasteiger partial charge in [-0.2, -0.15) is 0 Å². The number of thiazole rings is 1. The molecule has 0 radical (unpaired) electrons. The average molecular weight is 653 g/mol. The molecular weight excluding hydrogens is 622 g/mol. The second kappa shape index (κ2) is 13.3. The van der Waals surface area contributed by atoms with Crippen molar-refractivity contribution in [2.75, 3.05) is 18.4 Å². The summed E-state index contributed by atoms with van der Waals surface area (Å²) < 4.78 is 23.7. The quantitative estimate of drug-likeness (QED) is 0.222. The fraction of sp³-hybridized carbons (Fsp3) is 0.312. The first-order chi connectivity index (χ1) is 22.3. The SMILES string of the molecule is O=C(O)C(=O)N1CCC(Oc2ccc(-c3cc(F)c4c(c3)C(=O)N(C(C(=O)Nc3nccs3)c3ncn5c3CCC5)C4)cc2)CC1.[H-].[Li+]. The van der Waals surface area contributed by atoms with Gasteiger partial charge in [-0.25, -0.2) is 19.2 Å². The van der Waals surface area contributed by atoms with Gasteiger partial charge in [-0.1, -0.05) is 12.1 Å². The summed E-state index contributed by atoms with van der Waals surface area (Å²) in [6.45, 7) is 1.30. The molecule has 15 heteroatoms. The Balaban J connectivity index is 0.00000225. The van der Waals surface area contributed by atoms with Crippen LogP contribution in [-0.4, -0.2) is 72.3 Å². The van der Waals surface area contributed by atoms with Gasteiger partial charge in [0.15, 0.2) is 11.2 Å². The van der Waals surface area contributed by atoms with Crippen molar-refractivity contribution >= 4 is 40.2 Å². The van der Waals surface area contributed by atoms with Crippen molar-refractivity contribution in [2.24, 2.45) is 0 Å². The van der Waals surface area contributed by atoms with E-state index in [1.54, 1.807) is 48.2 Å². The number of rotatable bonds is 7. The fourth-order valence-electron chi connectivity index (χ4n) is 6.40. The first-order valence-electron chi connectivity index (χ1n) is 14.9. The van der Waals surface area contributed by atoms with E-state index in [9.17, 15) is 19.2 Å². The number of carbonyl (C=O) groups excluding carboxylic acids is 3. The number of hydrogen-bond acceptors (Lipinski definition) is 8. The molecule has 4 aromatic rings. The topological polar surface area (TPSA) is 147 Å². The molecule has 238 valence electrons. The average Bonchev–Trinajstić information content (AvgIpc) is 3.86. The van der Waals surface area contributed by atoms with E-state index in [1.165, 1.54) is 27.2 Å². The van der Waals surface area contributed by atoms with Crippen LogP contribution in [0.15, 0.2) is 54.3 Å². The first-order valence-corrected chi connectivity index (χ1v) is 15.8. The second-order valence-corrected chi connectivity index (χ2v) is 12.4. The van der Waals surface area contributed by atoms with Gasteiger partial charge in [0, 0.05) is 60.9 Å². The van der Waals surface area contributed by atoms with Gasteiger partial charge in [0.2, 0.25) is 0 Å². The fourth-order valence-corrected chi connectivity index (χ4v) is 6.93. The molecule has 2 aromatic heterocycles. The van der Waals surface area contributed by atoms with Crippen molar-refractivity contribution < 1.29 is 53.7 Å². The standard InChI is InChI=1S/C32H29FN6O6S.Li.H/c33-24-15-19(18-3-5-20(6-4-18)45-21-7-11-37(12-8-21)30(42)31(43)44)14-22-23(24)16-39(29(22)41)27(28(40)36-32-34-9-13-46-32)26-25-2-1-10-38(25)17-35-26;;/h3-6,9,13-15,17,21,27H,1-2,7-8,10-12,16H2,(H,43,44)(H,34,36,40);;/q;+1;-1. The molecular formula is C32H30FLiN6O6S. The smallest absolute Gasteiger partial charge is 1.00 e. The summed E-state index contributed by atoms with van der Waals surface area (Å²) in [5.74, 6) is -3.25. The molecule has 1 fully saturated rings. The minimum absolute atomic E-state index is 0. The third kappa shape index (κ3) is 6.28. The van der Waals surface area contributed by atoms with Crippen LogP contribution in [0.2, 0.25) is 0 Å². The van der Waals surface area contributed by atoms with Gasteiger partial charge in [0.1, 0.15) is 17.7 Å². The summed E-state index contributed by atoms with van der Waals surface area (Å²) in [6, 6.07) is 9.03. The number of ether oxygens (including phenoxy) is 1. The van der Waals surface area contributed by atoms with Gasteiger partial charge in [0.25, 0.3) is 11.8 Å². The third-order valence-corrected chi connectivity index (χ3v) is 9.38. The summed E-state index contributed by atoms with van der Waals surface area (Å²) >= 11 is 1.26. The Labute approximate surface area is 286 Å². The maximum Gasteiger partial charge on any atom is 1.00 e. The largest absolute Gasteiger partial charge is 1.00 e. The van der Waals surface area contributed by atoms with Crippen LogP contribution < -0.4 is 28.9 Å². The van der Waals surface area contributed by atoms with E-state index in [-0.39, 0.29) is 44.1 Å². The van der Waals surface area contributed by atoms with Crippen LogP contribution in [0.4, 0.5) is 9.52 Å². The molecule has 1 saturated heterocycles. The van der Waals surface area contributed by atoms with Crippen LogP contribution in [0.5, 0.6) is 5.75 Å². The molecule has 12 nitrogen and oxygen atoms in total. The molecule has 0 spiro atoms. The molecule has 2 N–H and O–H groups in total. The van der Waals surface area contributed by atoms with Gasteiger partial charge in [-0.3, -0.25) is 19.7 Å². The summed E-state index contributed by atoms with van der Waals surface area (Å²) in [4.78, 5) is 61.6. The number of halogens is 1. The van der Waals surface area contributed by atoms with Gasteiger partial charge >= 0.3 is 30.7 Å². The van der Waals surface area contributed by atoms with E-state index in [0.29, 0.717) is 53.6 Å². The van der Waals surface area contributed by atoms with Crippen LogP contribution in [0.25, 0.3) is 11.1 Å². The molecule has 7 rings (SSSR count). The molecule has 1 atom stereocenters. The molecule has 3 aliphatic rings. The van der Waals surface area contributed by atoms with Crippen molar-refractivity contribution in [1.29, 1.82) is 0 Å². The van der Waals surface area contributed by atoms with Gasteiger partial charge < -0.3 is 25.6 Å². The Kier molecular flexibility index (Phi) is 9.18. The molecule has 2 aromatic carbocycles. The first kappa shape index (κ1) is 32.4. The third-order valence-electron chi connectivity index (χ3n) is 8.69. The Morgan fingerprint density at radius 2 is 1.85 bits per heavy atom. The van der Waals surface area contributed by atoms with Gasteiger partial charge in [0.05, 0.1) is 18.6 Å². The number of carboxylic acids is 1. The number of carbonyl (C=O) groups is 4. The summed E-state index contributed by atoms with van der Waals surface area (Å²) in [6.07, 6.45) is 5.72. The molecule has 5 heterocycles. The van der Waals surface area contributed by atoms with E-state index in [0.717, 1.165) is 25.1 Å². The van der Waals surface area contributed by atoms with Crippen molar-refractivity contribution in [3.8, 4) is 16.9 Å². The zero-order chi connectivity index (χ0) is 31.9. The number of piperidine rings is 1. The maximum atomic E-state index is 15.6. The van der Waals surface area contributed by atoms with Crippen molar-refractivity contribution in [2.45, 2.75) is 50.9 Å². The van der Waals surface area contributed by atoms with Crippen LogP contribution in [-0.2, 0) is 33.9 Å². The van der Waals surface area contributed by atoms with Crippen LogP contribution >= 0.6 is 11.3 Å². The van der Waals surface area contributed by atoms with E-state index in [4.69, 9.17) is 9.84 Å². The van der Waals surface area contributed by atoms with E-state index < -0.39 is 35.5 Å². The number of aryl methyl sites for hydroxylation is 1. The summed E-state index contributed by atoms with van der Waals surface area (Å²) in [5.41, 5.74) is 2.98. The Morgan fingerprint density at radius 1 is 1.09 bits per heavy atom. The number of likely N-dealkylation sites (tertiary alicyclic amines) is 1. The second-order valence-electron chi connectivity index (χ2n) is 11.5. The van der Waals surface area contributed by atoms with Crippen LogP contribution in [0.1, 0.15) is 54.0 Å². The number of carboxylic acid groups (broad SMARTS) is 1. The molecule has 1 unspecified atom stereocenters. The van der Waals surface area contributed by atoms with E-state index in [2.05, 4.69) is 15.3 Å². The maximum absolute atomic E-state index is 15.6. The summed E-state index contributed by atoms with van der Waals surface area (Å²) in [5, 5.41) is 13.9. The van der Waals surface area contributed by atoms with Crippen molar-refractivity contribution in [3.63, 3.8) is 0 Å². The minimum atomic E-state index is -1.47. The molecule has 0 bridgehead atoms. The molecule has 3 aliphatic heterocycles. The predicted molar refractivity (Wildman–Crippen MR) is 165 cm³/mol. The van der Waals surface area contributed by atoms with Gasteiger partial charge in [-0.05, 0) is 48.2 Å². The van der Waals surface area contributed by atoms with E-state index in [1.807, 2.05) is 4.57 Å². The molecule has 3 amide bonds. The zero-order valence-corrected chi connectivity index (χ0v) is 26.3. The normalized spacial score (nSPS) is 16.3. The van der Waals surface area contributed by atoms with Crippen LogP contribution in [0, 0.1) is 5.82 Å². The number of nitrogens with one attached hydrogen (secondary N) is 1. The Bertz CT molecular complexity index is 1850. The Morgan fingerprint density at radius 3 is 2.55 bits per heavy atom. The number of aliphatic carboxylic acids is 1. The predicted octanol–water partition coefficient (Wildman–Crippen LogP) is 0.999. The molecule has 47 heavy (non-hydrogen) atoms. The number of nitrogens with zero attached hydrogens (tertiary/aromatic N) is 5. The number of fused-ring (bicyclic) bond motifs is 2. The molecule has 0 aliphatic carbocycles. The monoisotopic (exact) mass is 652 g/mol. The van der Waals surface area contributed by atoms with Crippen molar-refractivity contribution in [1.82, 2.24) is 24.3 Å². The summed E-state index contributed by atoms with van der Waals surface area (Å²) in [7, 11) is 0. The zero-order valence-electron chi connectivity index (χ0n) is 26.5. The van der Waals surface area contributed by atoms with Gasteiger partial charge in [-0.15, -0.1) is 11.3 Å². The number of anilines is 1. The Hall–Kier alpha value is -4.51. The number of aromatic nitrogens is 3.